The summed E-state index contributed by atoms with van der Waals surface area (Å²) >= 11 is 12.8. The highest BCUT2D eigenvalue weighted by Crippen LogP contribution is 2.24. The first-order chi connectivity index (χ1) is 14.0. The fourth-order valence-electron chi connectivity index (χ4n) is 2.76. The minimum atomic E-state index is -0.208. The van der Waals surface area contributed by atoms with Gasteiger partial charge >= 0.3 is 0 Å². The molecule has 0 atom stereocenters. The molecule has 0 saturated heterocycles. The zero-order chi connectivity index (χ0) is 20.4. The van der Waals surface area contributed by atoms with Crippen LogP contribution in [-0.4, -0.2) is 25.7 Å². The van der Waals surface area contributed by atoms with E-state index in [2.05, 4.69) is 20.5 Å². The van der Waals surface area contributed by atoms with Crippen LogP contribution in [0.15, 0.2) is 46.2 Å². The minimum Gasteiger partial charge on any atom is -0.458 e. The molecule has 4 aromatic rings. The van der Waals surface area contributed by atoms with Crippen LogP contribution in [0, 0.1) is 11.7 Å². The molecule has 148 valence electrons. The van der Waals surface area contributed by atoms with Crippen LogP contribution in [0.4, 0.5) is 0 Å². The Bertz CT molecular complexity index is 1210. The number of nitrogens with zero attached hydrogens (tertiary/aromatic N) is 3. The number of carbonyl (C=O) groups is 1. The summed E-state index contributed by atoms with van der Waals surface area (Å²) in [6.07, 6.45) is 0. The summed E-state index contributed by atoms with van der Waals surface area (Å²) < 4.78 is 7.77. The molecule has 3 aromatic heterocycles. The van der Waals surface area contributed by atoms with Crippen molar-refractivity contribution >= 4 is 41.1 Å². The van der Waals surface area contributed by atoms with Gasteiger partial charge in [-0.15, -0.1) is 11.3 Å². The quantitative estimate of drug-likeness (QED) is 0.423. The van der Waals surface area contributed by atoms with Crippen LogP contribution in [0.1, 0.15) is 10.8 Å². The first-order valence-electron chi connectivity index (χ1n) is 8.68. The number of halogens is 1. The number of thiazole rings is 1. The Balaban J connectivity index is 1.42. The molecule has 0 fully saturated rings. The van der Waals surface area contributed by atoms with Gasteiger partial charge in [0.2, 0.25) is 5.91 Å². The van der Waals surface area contributed by atoms with E-state index in [1.54, 1.807) is 28.0 Å². The van der Waals surface area contributed by atoms with Crippen molar-refractivity contribution in [2.24, 2.45) is 0 Å². The van der Waals surface area contributed by atoms with Crippen molar-refractivity contribution < 1.29 is 9.21 Å². The van der Waals surface area contributed by atoms with Gasteiger partial charge < -0.3 is 9.73 Å². The number of nitrogens with one attached hydrogen (secondary N) is 2. The molecule has 0 spiro atoms. The summed E-state index contributed by atoms with van der Waals surface area (Å²) in [4.78, 5) is 16.9. The number of hydrogen-bond donors (Lipinski definition) is 2. The van der Waals surface area contributed by atoms with Crippen LogP contribution < -0.4 is 5.32 Å². The number of amides is 1. The van der Waals surface area contributed by atoms with Crippen molar-refractivity contribution in [3.8, 4) is 22.8 Å². The van der Waals surface area contributed by atoms with Crippen LogP contribution in [0.25, 0.3) is 22.8 Å². The van der Waals surface area contributed by atoms with Gasteiger partial charge in [0.15, 0.2) is 16.4 Å². The topological polar surface area (TPSA) is 88.7 Å². The zero-order valence-corrected chi connectivity index (χ0v) is 17.7. The maximum Gasteiger partial charge on any atom is 0.240 e. The van der Waals surface area contributed by atoms with Crippen LogP contribution >= 0.6 is 35.2 Å². The Labute approximate surface area is 180 Å². The lowest BCUT2D eigenvalue weighted by Gasteiger charge is -2.07. The van der Waals surface area contributed by atoms with Crippen LogP contribution in [0.2, 0.25) is 5.02 Å². The van der Waals surface area contributed by atoms with E-state index in [1.165, 1.54) is 0 Å². The van der Waals surface area contributed by atoms with Gasteiger partial charge in [0, 0.05) is 16.0 Å². The van der Waals surface area contributed by atoms with Gasteiger partial charge in [-0.3, -0.25) is 14.5 Å². The second-order valence-electron chi connectivity index (χ2n) is 6.24. The van der Waals surface area contributed by atoms with Crippen molar-refractivity contribution in [3.05, 3.63) is 62.3 Å². The summed E-state index contributed by atoms with van der Waals surface area (Å²) in [5, 5.41) is 13.3. The molecule has 1 aromatic carbocycles. The van der Waals surface area contributed by atoms with Crippen LogP contribution in [0.5, 0.6) is 0 Å². The molecule has 0 unspecified atom stereocenters. The summed E-state index contributed by atoms with van der Waals surface area (Å²) in [7, 11) is 0. The molecule has 2 N–H and O–H groups in total. The molecule has 1 amide bonds. The molecule has 10 heteroatoms. The van der Waals surface area contributed by atoms with Gasteiger partial charge in [-0.2, -0.15) is 5.10 Å². The lowest BCUT2D eigenvalue weighted by molar-refractivity contribution is -0.121. The number of benzene rings is 1. The average Bonchev–Trinajstić information content (AvgIpc) is 3.42. The molecule has 0 saturated carbocycles. The lowest BCUT2D eigenvalue weighted by Crippen LogP contribution is -2.27. The zero-order valence-electron chi connectivity index (χ0n) is 15.3. The number of furan rings is 1. The molecule has 0 aliphatic carbocycles. The van der Waals surface area contributed by atoms with E-state index in [1.807, 2.05) is 36.6 Å². The van der Waals surface area contributed by atoms with Gasteiger partial charge in [0.05, 0.1) is 11.6 Å². The van der Waals surface area contributed by atoms with E-state index in [4.69, 9.17) is 28.2 Å². The largest absolute Gasteiger partial charge is 0.458 e. The fourth-order valence-corrected chi connectivity index (χ4v) is 3.68. The van der Waals surface area contributed by atoms with Crippen LogP contribution in [-0.2, 0) is 17.9 Å². The van der Waals surface area contributed by atoms with Gasteiger partial charge in [-0.05, 0) is 55.5 Å². The molecular weight excluding hydrogens is 430 g/mol. The predicted molar refractivity (Wildman–Crippen MR) is 114 cm³/mol. The third-order valence-electron chi connectivity index (χ3n) is 4.16. The Morgan fingerprint density at radius 3 is 2.83 bits per heavy atom. The number of aromatic amines is 1. The van der Waals surface area contributed by atoms with Crippen LogP contribution in [0.3, 0.4) is 0 Å². The second-order valence-corrected chi connectivity index (χ2v) is 8.13. The Kier molecular flexibility index (Phi) is 5.61. The molecule has 0 bridgehead atoms. The lowest BCUT2D eigenvalue weighted by atomic mass is 10.2. The van der Waals surface area contributed by atoms with E-state index in [-0.39, 0.29) is 19.0 Å². The highest BCUT2D eigenvalue weighted by Gasteiger charge is 2.13. The molecule has 7 nitrogen and oxygen atoms in total. The SMILES string of the molecule is Cc1nc(-c2ccc(CNC(=O)Cn3c(-c4ccc(Cl)cc4)n[nH]c3=S)o2)cs1. The number of carbonyl (C=O) groups excluding carboxylic acids is 1. The molecular formula is C19H16ClN5O2S2. The van der Waals surface area contributed by atoms with E-state index in [0.717, 1.165) is 16.3 Å². The number of hydrogen-bond acceptors (Lipinski definition) is 6. The van der Waals surface area contributed by atoms with Gasteiger partial charge in [-0.25, -0.2) is 4.98 Å². The highest BCUT2D eigenvalue weighted by atomic mass is 35.5. The normalized spacial score (nSPS) is 11.0. The molecule has 0 radical (unpaired) electrons. The van der Waals surface area contributed by atoms with E-state index in [0.29, 0.717) is 27.1 Å². The van der Waals surface area contributed by atoms with Crippen molar-refractivity contribution in [3.63, 3.8) is 0 Å². The van der Waals surface area contributed by atoms with E-state index < -0.39 is 0 Å². The summed E-state index contributed by atoms with van der Waals surface area (Å²) in [5.74, 6) is 1.69. The van der Waals surface area contributed by atoms with Gasteiger partial charge in [0.25, 0.3) is 0 Å². The maximum absolute atomic E-state index is 12.5. The summed E-state index contributed by atoms with van der Waals surface area (Å²) in [5.41, 5.74) is 1.60. The first kappa shape index (κ1) is 19.6. The van der Waals surface area contributed by atoms with E-state index >= 15 is 0 Å². The summed E-state index contributed by atoms with van der Waals surface area (Å²) in [6.45, 7) is 2.24. The monoisotopic (exact) mass is 445 g/mol. The standard InChI is InChI=1S/C19H16ClN5O2S2/c1-11-22-15(10-29-11)16-7-6-14(27-16)8-21-17(26)9-25-18(23-24-19(25)28)12-2-4-13(20)5-3-12/h2-7,10H,8-9H2,1H3,(H,21,26)(H,24,28). The smallest absolute Gasteiger partial charge is 0.240 e. The van der Waals surface area contributed by atoms with Crippen molar-refractivity contribution in [2.45, 2.75) is 20.0 Å². The molecule has 29 heavy (non-hydrogen) atoms. The molecule has 0 aliphatic rings. The minimum absolute atomic E-state index is 0.0339. The predicted octanol–water partition coefficient (Wildman–Crippen LogP) is 4.60. The summed E-state index contributed by atoms with van der Waals surface area (Å²) in [6, 6.07) is 10.8. The van der Waals surface area contributed by atoms with Gasteiger partial charge in [0.1, 0.15) is 18.0 Å². The number of rotatable bonds is 6. The third kappa shape index (κ3) is 4.47. The molecule has 0 aliphatic heterocycles. The first-order valence-corrected chi connectivity index (χ1v) is 10.4. The molecule has 3 heterocycles. The highest BCUT2D eigenvalue weighted by molar-refractivity contribution is 7.71. The fraction of sp³-hybridized carbons (Fsp3) is 0.158. The second kappa shape index (κ2) is 8.32. The van der Waals surface area contributed by atoms with Crippen molar-refractivity contribution in [1.29, 1.82) is 0 Å². The number of aryl methyl sites for hydroxylation is 1. The third-order valence-corrected chi connectivity index (χ3v) is 5.49. The Hall–Kier alpha value is -2.75. The van der Waals surface area contributed by atoms with Gasteiger partial charge in [-0.1, -0.05) is 11.6 Å². The number of aromatic nitrogens is 4. The number of H-pyrrole nitrogens is 1. The average molecular weight is 446 g/mol. The maximum atomic E-state index is 12.5. The Morgan fingerprint density at radius 1 is 1.31 bits per heavy atom. The molecule has 4 rings (SSSR count). The van der Waals surface area contributed by atoms with Crippen molar-refractivity contribution in [1.82, 2.24) is 25.1 Å². The van der Waals surface area contributed by atoms with E-state index in [9.17, 15) is 4.79 Å². The van der Waals surface area contributed by atoms with Crippen molar-refractivity contribution in [2.75, 3.05) is 0 Å². The Morgan fingerprint density at radius 2 is 2.10 bits per heavy atom.